The Hall–Kier alpha value is -3.38. The molecule has 3 aromatic rings. The molecule has 1 N–H and O–H groups in total. The van der Waals surface area contributed by atoms with Crippen LogP contribution in [0, 0.1) is 20.6 Å². The summed E-state index contributed by atoms with van der Waals surface area (Å²) in [5, 5.41) is 14.1. The number of rotatable bonds is 7. The molecule has 0 unspecified atom stereocenters. The Morgan fingerprint density at radius 2 is 1.86 bits per heavy atom. The first-order chi connectivity index (χ1) is 16.8. The second-order valence-corrected chi connectivity index (χ2v) is 9.76. The molecule has 1 fully saturated rings. The van der Waals surface area contributed by atoms with Gasteiger partial charge in [-0.1, -0.05) is 17.7 Å². The third kappa shape index (κ3) is 6.20. The van der Waals surface area contributed by atoms with E-state index < -0.39 is 4.92 Å². The lowest BCUT2D eigenvalue weighted by molar-refractivity contribution is -0.384. The lowest BCUT2D eigenvalue weighted by Crippen LogP contribution is -2.19. The fourth-order valence-corrected chi connectivity index (χ4v) is 4.82. The summed E-state index contributed by atoms with van der Waals surface area (Å²) in [6.45, 7) is 2.23. The topological polar surface area (TPSA) is 103 Å². The highest BCUT2D eigenvalue weighted by molar-refractivity contribution is 14.1. The first kappa shape index (κ1) is 24.7. The second-order valence-electron chi connectivity index (χ2n) is 7.56. The van der Waals surface area contributed by atoms with Gasteiger partial charge in [-0.3, -0.25) is 14.9 Å². The molecule has 8 nitrogen and oxygen atoms in total. The minimum Gasteiger partial charge on any atom is -0.493 e. The van der Waals surface area contributed by atoms with Gasteiger partial charge in [-0.2, -0.15) is 0 Å². The molecular formula is C25H20IN3O5S. The molecule has 0 saturated carbocycles. The zero-order valence-corrected chi connectivity index (χ0v) is 21.8. The van der Waals surface area contributed by atoms with Crippen molar-refractivity contribution in [2.24, 2.45) is 4.99 Å². The Kier molecular flexibility index (Phi) is 7.71. The number of hydrogen-bond acceptors (Lipinski definition) is 7. The number of benzene rings is 3. The molecule has 1 heterocycles. The largest absolute Gasteiger partial charge is 0.493 e. The fourth-order valence-electron chi connectivity index (χ4n) is 3.20. The highest BCUT2D eigenvalue weighted by Gasteiger charge is 2.24. The Morgan fingerprint density at radius 3 is 2.51 bits per heavy atom. The maximum atomic E-state index is 12.5. The average Bonchev–Trinajstić information content (AvgIpc) is 3.18. The number of carbonyl (C=O) groups is 1. The fraction of sp³-hybridized carbons (Fsp3) is 0.120. The first-order valence-electron chi connectivity index (χ1n) is 10.4. The van der Waals surface area contributed by atoms with Crippen LogP contribution in [0.1, 0.15) is 16.7 Å². The van der Waals surface area contributed by atoms with Gasteiger partial charge >= 0.3 is 0 Å². The summed E-state index contributed by atoms with van der Waals surface area (Å²) < 4.78 is 12.3. The number of ether oxygens (including phenoxy) is 2. The molecule has 0 radical (unpaired) electrons. The van der Waals surface area contributed by atoms with E-state index in [-0.39, 0.29) is 18.2 Å². The summed E-state index contributed by atoms with van der Waals surface area (Å²) in [6.07, 6.45) is 1.78. The molecule has 0 aromatic heterocycles. The van der Waals surface area contributed by atoms with E-state index in [1.54, 1.807) is 31.4 Å². The minimum absolute atomic E-state index is 0.0270. The number of thioether (sulfide) groups is 1. The predicted molar refractivity (Wildman–Crippen MR) is 145 cm³/mol. The summed E-state index contributed by atoms with van der Waals surface area (Å²) in [5.41, 5.74) is 3.51. The van der Waals surface area contributed by atoms with E-state index in [2.05, 4.69) is 32.9 Å². The van der Waals surface area contributed by atoms with Crippen LogP contribution in [0.4, 0.5) is 11.4 Å². The Morgan fingerprint density at radius 1 is 1.14 bits per heavy atom. The molecule has 0 aliphatic carbocycles. The van der Waals surface area contributed by atoms with Crippen molar-refractivity contribution >= 4 is 62.9 Å². The van der Waals surface area contributed by atoms with Crippen molar-refractivity contribution in [3.8, 4) is 11.5 Å². The van der Waals surface area contributed by atoms with Gasteiger partial charge < -0.3 is 14.8 Å². The third-order valence-electron chi connectivity index (χ3n) is 5.00. The first-order valence-corrected chi connectivity index (χ1v) is 12.3. The van der Waals surface area contributed by atoms with Crippen LogP contribution < -0.4 is 14.8 Å². The van der Waals surface area contributed by atoms with Gasteiger partial charge in [0.15, 0.2) is 16.7 Å². The zero-order chi connectivity index (χ0) is 24.9. The van der Waals surface area contributed by atoms with Gasteiger partial charge in [0.2, 0.25) is 0 Å². The second kappa shape index (κ2) is 10.9. The highest BCUT2D eigenvalue weighted by Crippen LogP contribution is 2.36. The van der Waals surface area contributed by atoms with Crippen molar-refractivity contribution in [3.05, 3.63) is 95.9 Å². The number of amides is 1. The molecule has 0 bridgehead atoms. The smallest absolute Gasteiger partial charge is 0.269 e. The number of amidine groups is 1. The maximum absolute atomic E-state index is 12.5. The van der Waals surface area contributed by atoms with E-state index in [0.717, 1.165) is 25.9 Å². The Balaban J connectivity index is 1.50. The van der Waals surface area contributed by atoms with Crippen molar-refractivity contribution in [3.63, 3.8) is 0 Å². The van der Waals surface area contributed by atoms with Crippen LogP contribution in [0.25, 0.3) is 6.08 Å². The van der Waals surface area contributed by atoms with E-state index in [1.165, 1.54) is 23.9 Å². The van der Waals surface area contributed by atoms with Gasteiger partial charge in [0.05, 0.1) is 26.2 Å². The SMILES string of the molecule is COc1cc(/C=C2\SC(=Nc3ccc(C)cc3)NC2=O)cc(I)c1OCc1ccc([N+](=O)[O-])cc1. The molecule has 3 aromatic carbocycles. The van der Waals surface area contributed by atoms with E-state index in [4.69, 9.17) is 9.47 Å². The van der Waals surface area contributed by atoms with Crippen LogP contribution in [-0.2, 0) is 11.4 Å². The zero-order valence-electron chi connectivity index (χ0n) is 18.8. The number of nitro benzene ring substituents is 1. The Bertz CT molecular complexity index is 1340. The van der Waals surface area contributed by atoms with Crippen molar-refractivity contribution in [1.82, 2.24) is 5.32 Å². The monoisotopic (exact) mass is 601 g/mol. The van der Waals surface area contributed by atoms with Crippen LogP contribution in [0.3, 0.4) is 0 Å². The van der Waals surface area contributed by atoms with Crippen molar-refractivity contribution < 1.29 is 19.2 Å². The number of aliphatic imine (C=N–C) groups is 1. The van der Waals surface area contributed by atoms with Crippen LogP contribution >= 0.6 is 34.4 Å². The van der Waals surface area contributed by atoms with Crippen molar-refractivity contribution in [1.29, 1.82) is 0 Å². The number of non-ortho nitro benzene ring substituents is 1. The number of hydrogen-bond donors (Lipinski definition) is 1. The van der Waals surface area contributed by atoms with Gasteiger partial charge in [-0.15, -0.1) is 0 Å². The molecule has 35 heavy (non-hydrogen) atoms. The Labute approximate surface area is 219 Å². The molecule has 0 spiro atoms. The summed E-state index contributed by atoms with van der Waals surface area (Å²) in [5.74, 6) is 0.856. The molecule has 178 valence electrons. The van der Waals surface area contributed by atoms with Crippen molar-refractivity contribution in [2.75, 3.05) is 7.11 Å². The van der Waals surface area contributed by atoms with E-state index in [0.29, 0.717) is 21.6 Å². The van der Waals surface area contributed by atoms with Crippen LogP contribution in [0.2, 0.25) is 0 Å². The van der Waals surface area contributed by atoms with E-state index in [1.807, 2.05) is 37.3 Å². The van der Waals surface area contributed by atoms with Crippen LogP contribution in [0.15, 0.2) is 70.6 Å². The van der Waals surface area contributed by atoms with Crippen LogP contribution in [-0.4, -0.2) is 23.1 Å². The molecule has 4 rings (SSSR count). The summed E-state index contributed by atoms with van der Waals surface area (Å²) >= 11 is 3.43. The molecule has 1 aliphatic rings. The van der Waals surface area contributed by atoms with Crippen molar-refractivity contribution in [2.45, 2.75) is 13.5 Å². The van der Waals surface area contributed by atoms with Crippen LogP contribution in [0.5, 0.6) is 11.5 Å². The number of nitrogens with one attached hydrogen (secondary N) is 1. The third-order valence-corrected chi connectivity index (χ3v) is 6.71. The summed E-state index contributed by atoms with van der Waals surface area (Å²) in [7, 11) is 1.55. The number of aryl methyl sites for hydroxylation is 1. The molecule has 10 heteroatoms. The maximum Gasteiger partial charge on any atom is 0.269 e. The number of methoxy groups -OCH3 is 1. The lowest BCUT2D eigenvalue weighted by Gasteiger charge is -2.14. The average molecular weight is 601 g/mol. The van der Waals surface area contributed by atoms with Gasteiger partial charge in [0.1, 0.15) is 6.61 Å². The van der Waals surface area contributed by atoms with Gasteiger partial charge in [0, 0.05) is 12.1 Å². The quantitative estimate of drug-likeness (QED) is 0.155. The van der Waals surface area contributed by atoms with E-state index in [9.17, 15) is 14.9 Å². The predicted octanol–water partition coefficient (Wildman–Crippen LogP) is 5.99. The molecular weight excluding hydrogens is 581 g/mol. The highest BCUT2D eigenvalue weighted by atomic mass is 127. The lowest BCUT2D eigenvalue weighted by atomic mass is 10.1. The standard InChI is InChI=1S/C25H20IN3O5S/c1-15-3-7-18(8-4-15)27-25-28-24(30)22(35-25)13-17-11-20(26)23(21(12-17)33-2)34-14-16-5-9-19(10-6-16)29(31)32/h3-13H,14H2,1-2H3,(H,27,28,30)/b22-13-. The minimum atomic E-state index is -0.440. The number of carbonyl (C=O) groups excluding carboxylic acids is 1. The molecule has 1 amide bonds. The number of nitro groups is 1. The van der Waals surface area contributed by atoms with Gasteiger partial charge in [-0.25, -0.2) is 4.99 Å². The van der Waals surface area contributed by atoms with Gasteiger partial charge in [0.25, 0.3) is 11.6 Å². The molecule has 1 aliphatic heterocycles. The normalized spacial score (nSPS) is 15.3. The molecule has 0 atom stereocenters. The summed E-state index contributed by atoms with van der Waals surface area (Å²) in [4.78, 5) is 27.9. The molecule has 1 saturated heterocycles. The van der Waals surface area contributed by atoms with E-state index >= 15 is 0 Å². The number of nitrogens with zero attached hydrogens (tertiary/aromatic N) is 2. The summed E-state index contributed by atoms with van der Waals surface area (Å²) in [6, 6.07) is 17.6. The van der Waals surface area contributed by atoms with Gasteiger partial charge in [-0.05, 0) is 94.9 Å². The number of halogens is 1.